The number of hydrogen-bond donors (Lipinski definition) is 1. The van der Waals surface area contributed by atoms with Gasteiger partial charge in [0.25, 0.3) is 0 Å². The number of likely N-dealkylation sites (tertiary alicyclic amines) is 1. The summed E-state index contributed by atoms with van der Waals surface area (Å²) in [5.74, 6) is 2.12. The molecule has 0 aliphatic carbocycles. The lowest BCUT2D eigenvalue weighted by Gasteiger charge is -2.36. The molecule has 0 radical (unpaired) electrons. The van der Waals surface area contributed by atoms with Crippen molar-refractivity contribution in [3.8, 4) is 22.6 Å². The zero-order valence-corrected chi connectivity index (χ0v) is 24.8. The number of anilines is 1. The molecule has 1 aliphatic rings. The molecule has 1 fully saturated rings. The van der Waals surface area contributed by atoms with Crippen molar-refractivity contribution in [1.29, 1.82) is 0 Å². The van der Waals surface area contributed by atoms with Gasteiger partial charge in [0.2, 0.25) is 5.91 Å². The average Bonchev–Trinajstić information content (AvgIpc) is 2.92. The molecule has 0 spiro atoms. The first-order chi connectivity index (χ1) is 20.0. The second-order valence-corrected chi connectivity index (χ2v) is 12.0. The van der Waals surface area contributed by atoms with Gasteiger partial charge in [-0.15, -0.1) is 0 Å². The van der Waals surface area contributed by atoms with Gasteiger partial charge in [0, 0.05) is 18.0 Å². The van der Waals surface area contributed by atoms with Crippen LogP contribution in [0.3, 0.4) is 0 Å². The van der Waals surface area contributed by atoms with Crippen LogP contribution in [-0.4, -0.2) is 53.3 Å². The standard InChI is InChI=1S/C34H37N3O5/c1-22-16-25(10-13-30(22)41-5)24-8-6-23(7-9-24)19-37(31(38)18-34(2,3)4)32-29-12-11-27(17-26(29)14-15-35-32)42-28-20-36(21-28)33(39)40/h6-17,28H,18-21H2,1-5H3,(H,39,40). The number of aryl methyl sites for hydroxylation is 1. The molecule has 1 aliphatic heterocycles. The molecule has 2 amide bonds. The van der Waals surface area contributed by atoms with Gasteiger partial charge in [-0.25, -0.2) is 9.78 Å². The third-order valence-electron chi connectivity index (χ3n) is 7.40. The number of nitrogens with zero attached hydrogens (tertiary/aromatic N) is 3. The highest BCUT2D eigenvalue weighted by atomic mass is 16.5. The van der Waals surface area contributed by atoms with Gasteiger partial charge in [-0.05, 0) is 76.4 Å². The molecule has 1 aromatic heterocycles. The van der Waals surface area contributed by atoms with E-state index in [-0.39, 0.29) is 17.4 Å². The summed E-state index contributed by atoms with van der Waals surface area (Å²) in [6.45, 7) is 9.28. The topological polar surface area (TPSA) is 92.2 Å². The van der Waals surface area contributed by atoms with E-state index in [9.17, 15) is 9.59 Å². The molecule has 3 aromatic carbocycles. The van der Waals surface area contributed by atoms with Crippen molar-refractivity contribution in [1.82, 2.24) is 9.88 Å². The maximum absolute atomic E-state index is 13.7. The van der Waals surface area contributed by atoms with Crippen molar-refractivity contribution in [2.75, 3.05) is 25.1 Å². The van der Waals surface area contributed by atoms with E-state index in [0.717, 1.165) is 38.8 Å². The van der Waals surface area contributed by atoms with Crippen molar-refractivity contribution in [2.45, 2.75) is 46.8 Å². The summed E-state index contributed by atoms with van der Waals surface area (Å²) in [6.07, 6.45) is 0.977. The maximum atomic E-state index is 13.7. The minimum Gasteiger partial charge on any atom is -0.496 e. The van der Waals surface area contributed by atoms with Crippen LogP contribution in [0.4, 0.5) is 10.6 Å². The first-order valence-corrected chi connectivity index (χ1v) is 14.1. The molecule has 42 heavy (non-hydrogen) atoms. The highest BCUT2D eigenvalue weighted by Crippen LogP contribution is 2.32. The lowest BCUT2D eigenvalue weighted by Crippen LogP contribution is -2.55. The van der Waals surface area contributed by atoms with E-state index in [1.165, 1.54) is 4.90 Å². The second-order valence-electron chi connectivity index (χ2n) is 12.0. The van der Waals surface area contributed by atoms with Crippen LogP contribution in [0.2, 0.25) is 0 Å². The zero-order chi connectivity index (χ0) is 30.0. The van der Waals surface area contributed by atoms with Crippen molar-refractivity contribution >= 4 is 28.6 Å². The molecule has 1 N–H and O–H groups in total. The first kappa shape index (κ1) is 28.9. The summed E-state index contributed by atoms with van der Waals surface area (Å²) in [5, 5.41) is 10.8. The summed E-state index contributed by atoms with van der Waals surface area (Å²) in [4.78, 5) is 32.6. The van der Waals surface area contributed by atoms with Crippen LogP contribution in [0, 0.1) is 12.3 Å². The monoisotopic (exact) mass is 567 g/mol. The predicted molar refractivity (Wildman–Crippen MR) is 164 cm³/mol. The molecule has 0 atom stereocenters. The second kappa shape index (κ2) is 11.7. The van der Waals surface area contributed by atoms with Gasteiger partial charge in [0.1, 0.15) is 23.4 Å². The number of benzene rings is 3. The van der Waals surface area contributed by atoms with Crippen molar-refractivity contribution < 1.29 is 24.2 Å². The Balaban J connectivity index is 1.41. The number of pyridine rings is 1. The van der Waals surface area contributed by atoms with Gasteiger partial charge in [0.15, 0.2) is 0 Å². The number of carboxylic acid groups (broad SMARTS) is 1. The molecule has 4 aromatic rings. The molecule has 0 unspecified atom stereocenters. The van der Waals surface area contributed by atoms with Gasteiger partial charge in [0.05, 0.1) is 26.7 Å². The number of fused-ring (bicyclic) bond motifs is 1. The fourth-order valence-corrected chi connectivity index (χ4v) is 5.16. The van der Waals surface area contributed by atoms with Crippen LogP contribution in [0.1, 0.15) is 38.3 Å². The Labute approximate surface area is 246 Å². The molecule has 8 heteroatoms. The molecule has 2 heterocycles. The van der Waals surface area contributed by atoms with Gasteiger partial charge in [-0.2, -0.15) is 0 Å². The molecule has 0 bridgehead atoms. The average molecular weight is 568 g/mol. The number of rotatable bonds is 8. The fourth-order valence-electron chi connectivity index (χ4n) is 5.16. The molecule has 218 valence electrons. The number of carbonyl (C=O) groups excluding carboxylic acids is 1. The lowest BCUT2D eigenvalue weighted by atomic mass is 9.91. The van der Waals surface area contributed by atoms with Crippen LogP contribution >= 0.6 is 0 Å². The van der Waals surface area contributed by atoms with Crippen LogP contribution in [-0.2, 0) is 11.3 Å². The molecule has 8 nitrogen and oxygen atoms in total. The Morgan fingerprint density at radius 1 is 1.00 bits per heavy atom. The van der Waals surface area contributed by atoms with Crippen molar-refractivity contribution in [3.05, 3.63) is 84.1 Å². The lowest BCUT2D eigenvalue weighted by molar-refractivity contribution is -0.120. The van der Waals surface area contributed by atoms with E-state index in [2.05, 4.69) is 56.1 Å². The van der Waals surface area contributed by atoms with Gasteiger partial charge in [-0.1, -0.05) is 51.1 Å². The van der Waals surface area contributed by atoms with Crippen LogP contribution in [0.25, 0.3) is 21.9 Å². The van der Waals surface area contributed by atoms with Crippen molar-refractivity contribution in [3.63, 3.8) is 0 Å². The third-order valence-corrected chi connectivity index (χ3v) is 7.40. The minimum absolute atomic E-state index is 0.000845. The van der Waals surface area contributed by atoms with E-state index in [4.69, 9.17) is 14.6 Å². The van der Waals surface area contributed by atoms with Gasteiger partial charge in [-0.3, -0.25) is 9.69 Å². The highest BCUT2D eigenvalue weighted by Gasteiger charge is 2.32. The Kier molecular flexibility index (Phi) is 8.07. The first-order valence-electron chi connectivity index (χ1n) is 14.1. The Morgan fingerprint density at radius 3 is 2.36 bits per heavy atom. The summed E-state index contributed by atoms with van der Waals surface area (Å²) in [6, 6.07) is 22.0. The molecule has 0 saturated carbocycles. The highest BCUT2D eigenvalue weighted by molar-refractivity contribution is 6.02. The minimum atomic E-state index is -0.936. The zero-order valence-electron chi connectivity index (χ0n) is 24.8. The van der Waals surface area contributed by atoms with Crippen LogP contribution in [0.5, 0.6) is 11.5 Å². The van der Waals surface area contributed by atoms with Crippen molar-refractivity contribution in [2.24, 2.45) is 5.41 Å². The molecule has 5 rings (SSSR count). The van der Waals surface area contributed by atoms with E-state index in [0.29, 0.717) is 37.6 Å². The van der Waals surface area contributed by atoms with E-state index in [1.54, 1.807) is 18.2 Å². The van der Waals surface area contributed by atoms with E-state index < -0.39 is 6.09 Å². The summed E-state index contributed by atoms with van der Waals surface area (Å²) < 4.78 is 11.4. The number of ether oxygens (including phenoxy) is 2. The molecule has 1 saturated heterocycles. The predicted octanol–water partition coefficient (Wildman–Crippen LogP) is 6.93. The largest absolute Gasteiger partial charge is 0.496 e. The number of hydrogen-bond acceptors (Lipinski definition) is 5. The van der Waals surface area contributed by atoms with Crippen LogP contribution < -0.4 is 14.4 Å². The quantitative estimate of drug-likeness (QED) is 0.248. The smallest absolute Gasteiger partial charge is 0.407 e. The fraction of sp³-hybridized carbons (Fsp3) is 0.324. The van der Waals surface area contributed by atoms with Gasteiger partial charge >= 0.3 is 6.09 Å². The third kappa shape index (κ3) is 6.48. The Hall–Kier alpha value is -4.59. The summed E-state index contributed by atoms with van der Waals surface area (Å²) in [5.41, 5.74) is 4.07. The molecular weight excluding hydrogens is 530 g/mol. The normalized spacial score (nSPS) is 13.5. The molecular formula is C34H37N3O5. The number of aromatic nitrogens is 1. The summed E-state index contributed by atoms with van der Waals surface area (Å²) >= 11 is 0. The number of amides is 2. The van der Waals surface area contributed by atoms with E-state index in [1.807, 2.05) is 43.3 Å². The number of carbonyl (C=O) groups is 2. The SMILES string of the molecule is COc1ccc(-c2ccc(CN(C(=O)CC(C)(C)C)c3nccc4cc(OC5CN(C(=O)O)C5)ccc34)cc2)cc1C. The number of methoxy groups -OCH3 is 1. The van der Waals surface area contributed by atoms with E-state index >= 15 is 0 Å². The maximum Gasteiger partial charge on any atom is 0.407 e. The Bertz CT molecular complexity index is 1600. The summed E-state index contributed by atoms with van der Waals surface area (Å²) in [7, 11) is 1.67. The van der Waals surface area contributed by atoms with Crippen LogP contribution in [0.15, 0.2) is 72.9 Å². The Morgan fingerprint density at radius 2 is 1.71 bits per heavy atom. The van der Waals surface area contributed by atoms with Gasteiger partial charge < -0.3 is 19.5 Å².